The summed E-state index contributed by atoms with van der Waals surface area (Å²) >= 11 is 6.38. The van der Waals surface area contributed by atoms with E-state index in [0.29, 0.717) is 29.0 Å². The first kappa shape index (κ1) is 27.4. The van der Waals surface area contributed by atoms with E-state index in [1.165, 1.54) is 0 Å². The molecule has 5 rings (SSSR count). The largest absolute Gasteiger partial charge is 0.378 e. The van der Waals surface area contributed by atoms with Gasteiger partial charge in [0.1, 0.15) is 5.69 Å². The molecule has 0 saturated carbocycles. The highest BCUT2D eigenvalue weighted by Crippen LogP contribution is 2.23. The Morgan fingerprint density at radius 3 is 2.49 bits per heavy atom. The van der Waals surface area contributed by atoms with Crippen LogP contribution in [0.25, 0.3) is 16.9 Å². The summed E-state index contributed by atoms with van der Waals surface area (Å²) in [6.07, 6.45) is 5.49. The van der Waals surface area contributed by atoms with Crippen molar-refractivity contribution in [1.82, 2.24) is 38.9 Å². The molecule has 1 fully saturated rings. The Morgan fingerprint density at radius 1 is 1.03 bits per heavy atom. The Bertz CT molecular complexity index is 1490. The zero-order chi connectivity index (χ0) is 27.7. The Hall–Kier alpha value is -3.21. The fourth-order valence-corrected chi connectivity index (χ4v) is 5.43. The van der Waals surface area contributed by atoms with E-state index in [4.69, 9.17) is 16.7 Å². The highest BCUT2D eigenvalue weighted by molar-refractivity contribution is 6.30. The van der Waals surface area contributed by atoms with Crippen LogP contribution >= 0.6 is 11.6 Å². The second kappa shape index (κ2) is 11.5. The van der Waals surface area contributed by atoms with Gasteiger partial charge in [-0.2, -0.15) is 10.2 Å². The van der Waals surface area contributed by atoms with Gasteiger partial charge in [0.05, 0.1) is 17.3 Å². The first-order valence-electron chi connectivity index (χ1n) is 13.7. The van der Waals surface area contributed by atoms with Crippen LogP contribution < -0.4 is 10.9 Å². The van der Waals surface area contributed by atoms with E-state index in [1.807, 2.05) is 39.4 Å². The maximum Gasteiger partial charge on any atom is 0.279 e. The number of aryl methyl sites for hydroxylation is 1. The first-order chi connectivity index (χ1) is 18.7. The molecular formula is C28H38ClN9O. The number of anilines is 1. The summed E-state index contributed by atoms with van der Waals surface area (Å²) in [5.41, 5.74) is 3.40. The molecule has 1 saturated heterocycles. The van der Waals surface area contributed by atoms with Gasteiger partial charge < -0.3 is 5.32 Å². The zero-order valence-corrected chi connectivity index (χ0v) is 24.2. The minimum absolute atomic E-state index is 0.115. The van der Waals surface area contributed by atoms with Crippen molar-refractivity contribution in [2.75, 3.05) is 38.0 Å². The topological polar surface area (TPSA) is 89.0 Å². The summed E-state index contributed by atoms with van der Waals surface area (Å²) in [5, 5.41) is 14.3. The number of hydrogen-bond donors (Lipinski definition) is 1. The quantitative estimate of drug-likeness (QED) is 0.339. The van der Waals surface area contributed by atoms with E-state index in [0.717, 1.165) is 61.6 Å². The zero-order valence-electron chi connectivity index (χ0n) is 23.4. The van der Waals surface area contributed by atoms with Crippen LogP contribution in [0, 0.1) is 0 Å². The number of piperazine rings is 1. The number of nitrogens with one attached hydrogen (secondary N) is 1. The predicted molar refractivity (Wildman–Crippen MR) is 156 cm³/mol. The Morgan fingerprint density at radius 2 is 1.77 bits per heavy atom. The van der Waals surface area contributed by atoms with Crippen molar-refractivity contribution < 1.29 is 0 Å². The van der Waals surface area contributed by atoms with Crippen molar-refractivity contribution in [2.24, 2.45) is 7.05 Å². The van der Waals surface area contributed by atoms with E-state index in [2.05, 4.69) is 49.8 Å². The molecule has 0 spiro atoms. The van der Waals surface area contributed by atoms with Gasteiger partial charge in [0.2, 0.25) is 0 Å². The lowest BCUT2D eigenvalue weighted by Gasteiger charge is -2.34. The normalized spacial score (nSPS) is 15.2. The van der Waals surface area contributed by atoms with Crippen molar-refractivity contribution in [1.29, 1.82) is 0 Å². The van der Waals surface area contributed by atoms with Gasteiger partial charge in [-0.1, -0.05) is 25.4 Å². The van der Waals surface area contributed by atoms with E-state index in [1.54, 1.807) is 21.5 Å². The molecule has 0 unspecified atom stereocenters. The average Bonchev–Trinajstić information content (AvgIpc) is 3.45. The van der Waals surface area contributed by atoms with Gasteiger partial charge in [-0.15, -0.1) is 0 Å². The molecule has 5 heterocycles. The smallest absolute Gasteiger partial charge is 0.279 e. The van der Waals surface area contributed by atoms with Gasteiger partial charge in [0, 0.05) is 81.9 Å². The van der Waals surface area contributed by atoms with Crippen LogP contribution in [0.2, 0.25) is 5.02 Å². The van der Waals surface area contributed by atoms with Crippen LogP contribution in [0.15, 0.2) is 41.6 Å². The molecule has 1 aliphatic heterocycles. The molecule has 0 aromatic carbocycles. The summed E-state index contributed by atoms with van der Waals surface area (Å²) in [4.78, 5) is 22.7. The van der Waals surface area contributed by atoms with Crippen LogP contribution in [-0.4, -0.2) is 77.7 Å². The molecule has 4 aromatic rings. The van der Waals surface area contributed by atoms with Crippen LogP contribution in [-0.2, 0) is 20.1 Å². The highest BCUT2D eigenvalue weighted by atomic mass is 35.5. The first-order valence-corrected chi connectivity index (χ1v) is 14.0. The van der Waals surface area contributed by atoms with E-state index >= 15 is 0 Å². The number of rotatable bonds is 9. The van der Waals surface area contributed by atoms with Gasteiger partial charge >= 0.3 is 0 Å². The molecule has 0 bridgehead atoms. The van der Waals surface area contributed by atoms with Gasteiger partial charge in [-0.3, -0.25) is 23.8 Å². The van der Waals surface area contributed by atoms with E-state index < -0.39 is 0 Å². The number of fused-ring (bicyclic) bond motifs is 1. The third-order valence-corrected chi connectivity index (χ3v) is 7.31. The molecule has 39 heavy (non-hydrogen) atoms. The van der Waals surface area contributed by atoms with E-state index in [9.17, 15) is 4.79 Å². The van der Waals surface area contributed by atoms with Gasteiger partial charge in [-0.25, -0.2) is 9.67 Å². The monoisotopic (exact) mass is 551 g/mol. The fraction of sp³-hybridized carbons (Fsp3) is 0.500. The lowest BCUT2D eigenvalue weighted by atomic mass is 10.1. The fourth-order valence-electron chi connectivity index (χ4n) is 5.22. The Labute approximate surface area is 234 Å². The van der Waals surface area contributed by atoms with Crippen molar-refractivity contribution in [3.63, 3.8) is 0 Å². The second-order valence-corrected chi connectivity index (χ2v) is 11.4. The van der Waals surface area contributed by atoms with Gasteiger partial charge in [0.25, 0.3) is 5.56 Å². The predicted octanol–water partition coefficient (Wildman–Crippen LogP) is 3.73. The van der Waals surface area contributed by atoms with Crippen molar-refractivity contribution in [2.45, 2.75) is 52.7 Å². The standard InChI is InChI=1S/C28H38ClN9O/c1-19(2)25-23-7-6-8-30-27(23)38(32-25)14-13-35-9-11-36(12-10-35)17-21-16-34(5)33-26(21)37-18-22(29)15-24(28(37)39)31-20(3)4/h6-8,15-16,18-20,31H,9-14,17H2,1-5H3. The van der Waals surface area contributed by atoms with Gasteiger partial charge in [0.15, 0.2) is 11.5 Å². The Balaban J connectivity index is 1.24. The Kier molecular flexibility index (Phi) is 8.06. The summed E-state index contributed by atoms with van der Waals surface area (Å²) in [6, 6.07) is 5.89. The lowest BCUT2D eigenvalue weighted by molar-refractivity contribution is 0.123. The minimum Gasteiger partial charge on any atom is -0.378 e. The third-order valence-electron chi connectivity index (χ3n) is 7.11. The SMILES string of the molecule is CC(C)Nc1cc(Cl)cn(-c2nn(C)cc2CN2CCN(CCn3nc(C(C)C)c4cccnc43)CC2)c1=O. The molecule has 1 N–H and O–H groups in total. The number of aromatic nitrogens is 6. The molecule has 208 valence electrons. The van der Waals surface area contributed by atoms with Gasteiger partial charge in [-0.05, 0) is 38.0 Å². The van der Waals surface area contributed by atoms with Crippen LogP contribution in [0.4, 0.5) is 5.69 Å². The molecule has 0 amide bonds. The van der Waals surface area contributed by atoms with E-state index in [-0.39, 0.29) is 11.6 Å². The summed E-state index contributed by atoms with van der Waals surface area (Å²) < 4.78 is 5.38. The summed E-state index contributed by atoms with van der Waals surface area (Å²) in [7, 11) is 1.88. The van der Waals surface area contributed by atoms with Crippen molar-refractivity contribution in [3.8, 4) is 5.82 Å². The lowest BCUT2D eigenvalue weighted by Crippen LogP contribution is -2.46. The summed E-state index contributed by atoms with van der Waals surface area (Å²) in [5.74, 6) is 0.984. The third kappa shape index (κ3) is 6.03. The molecule has 0 radical (unpaired) electrons. The number of halogens is 1. The maximum atomic E-state index is 13.2. The average molecular weight is 552 g/mol. The second-order valence-electron chi connectivity index (χ2n) is 11.0. The molecular weight excluding hydrogens is 514 g/mol. The van der Waals surface area contributed by atoms with Crippen molar-refractivity contribution in [3.05, 3.63) is 63.4 Å². The molecule has 11 heteroatoms. The highest BCUT2D eigenvalue weighted by Gasteiger charge is 2.22. The number of nitrogens with zero attached hydrogens (tertiary/aromatic N) is 8. The summed E-state index contributed by atoms with van der Waals surface area (Å²) in [6.45, 7) is 14.6. The molecule has 4 aromatic heterocycles. The van der Waals surface area contributed by atoms with Crippen LogP contribution in [0.5, 0.6) is 0 Å². The molecule has 0 atom stereocenters. The number of hydrogen-bond acceptors (Lipinski definition) is 7. The van der Waals surface area contributed by atoms with Crippen molar-refractivity contribution >= 4 is 28.3 Å². The van der Waals surface area contributed by atoms with Crippen LogP contribution in [0.3, 0.4) is 0 Å². The molecule has 1 aliphatic rings. The molecule has 0 aliphatic carbocycles. The number of pyridine rings is 2. The molecule has 10 nitrogen and oxygen atoms in total. The maximum absolute atomic E-state index is 13.2. The minimum atomic E-state index is -0.154. The van der Waals surface area contributed by atoms with Crippen LogP contribution in [0.1, 0.15) is 44.9 Å².